The highest BCUT2D eigenvalue weighted by Crippen LogP contribution is 2.28. The number of benzene rings is 2. The highest BCUT2D eigenvalue weighted by molar-refractivity contribution is 5.78. The van der Waals surface area contributed by atoms with E-state index in [-0.39, 0.29) is 11.8 Å². The molecule has 0 N–H and O–H groups in total. The Morgan fingerprint density at radius 2 is 1.68 bits per heavy atom. The van der Waals surface area contributed by atoms with Crippen LogP contribution < -0.4 is 9.47 Å². The van der Waals surface area contributed by atoms with E-state index in [1.165, 1.54) is 0 Å². The topological polar surface area (TPSA) is 38.8 Å². The lowest BCUT2D eigenvalue weighted by molar-refractivity contribution is -0.135. The summed E-state index contributed by atoms with van der Waals surface area (Å²) in [6, 6.07) is 15.9. The minimum atomic E-state index is -0.0956. The van der Waals surface area contributed by atoms with Crippen LogP contribution in [0.5, 0.6) is 11.5 Å². The molecule has 2 aromatic carbocycles. The third kappa shape index (κ3) is 4.99. The predicted molar refractivity (Wildman–Crippen MR) is 99.9 cm³/mol. The molecule has 1 atom stereocenters. The normalized spacial score (nSPS) is 11.7. The van der Waals surface area contributed by atoms with Gasteiger partial charge in [0.1, 0.15) is 0 Å². The number of methoxy groups -OCH3 is 2. The van der Waals surface area contributed by atoms with Crippen molar-refractivity contribution in [2.75, 3.05) is 20.8 Å². The Bertz CT molecular complexity index is 685. The van der Waals surface area contributed by atoms with Crippen molar-refractivity contribution in [3.8, 4) is 11.5 Å². The molecule has 0 spiro atoms. The summed E-state index contributed by atoms with van der Waals surface area (Å²) in [5.74, 6) is 1.46. The van der Waals surface area contributed by atoms with E-state index in [4.69, 9.17) is 9.47 Å². The second kappa shape index (κ2) is 9.11. The van der Waals surface area contributed by atoms with Gasteiger partial charge in [-0.25, -0.2) is 0 Å². The van der Waals surface area contributed by atoms with E-state index >= 15 is 0 Å². The summed E-state index contributed by atoms with van der Waals surface area (Å²) >= 11 is 0. The Morgan fingerprint density at radius 3 is 2.28 bits per heavy atom. The first kappa shape index (κ1) is 18.8. The summed E-state index contributed by atoms with van der Waals surface area (Å²) in [5, 5.41) is 0. The van der Waals surface area contributed by atoms with E-state index in [9.17, 15) is 4.79 Å². The molecule has 0 saturated carbocycles. The van der Waals surface area contributed by atoms with Gasteiger partial charge in [0.2, 0.25) is 5.91 Å². The number of nitrogens with zero attached hydrogens (tertiary/aromatic N) is 1. The minimum Gasteiger partial charge on any atom is -0.493 e. The molecule has 2 aromatic rings. The maximum Gasteiger partial charge on any atom is 0.226 e. The van der Waals surface area contributed by atoms with Crippen LogP contribution in [-0.4, -0.2) is 31.6 Å². The molecule has 0 aliphatic rings. The van der Waals surface area contributed by atoms with E-state index in [0.717, 1.165) is 11.1 Å². The summed E-state index contributed by atoms with van der Waals surface area (Å²) in [7, 11) is 3.24. The summed E-state index contributed by atoms with van der Waals surface area (Å²) in [6.07, 6.45) is 0.671. The van der Waals surface area contributed by atoms with Crippen LogP contribution in [0, 0.1) is 5.92 Å². The zero-order valence-electron chi connectivity index (χ0n) is 15.5. The monoisotopic (exact) mass is 341 g/mol. The largest absolute Gasteiger partial charge is 0.493 e. The van der Waals surface area contributed by atoms with Crippen molar-refractivity contribution in [3.05, 3.63) is 59.7 Å². The van der Waals surface area contributed by atoms with E-state index in [0.29, 0.717) is 31.0 Å². The summed E-state index contributed by atoms with van der Waals surface area (Å²) in [6.45, 7) is 5.34. The first-order valence-corrected chi connectivity index (χ1v) is 8.62. The Morgan fingerprint density at radius 1 is 1.00 bits per heavy atom. The number of hydrogen-bond donors (Lipinski definition) is 0. The van der Waals surface area contributed by atoms with E-state index in [2.05, 4.69) is 12.1 Å². The molecule has 0 bridgehead atoms. The molecule has 0 radical (unpaired) electrons. The van der Waals surface area contributed by atoms with Crippen LogP contribution in [0.25, 0.3) is 0 Å². The maximum atomic E-state index is 12.8. The van der Waals surface area contributed by atoms with Crippen LogP contribution in [0.4, 0.5) is 0 Å². The molecule has 0 aliphatic heterocycles. The average molecular weight is 341 g/mol. The zero-order valence-corrected chi connectivity index (χ0v) is 15.5. The lowest BCUT2D eigenvalue weighted by Crippen LogP contribution is -2.35. The summed E-state index contributed by atoms with van der Waals surface area (Å²) in [5.41, 5.74) is 2.21. The van der Waals surface area contributed by atoms with Gasteiger partial charge >= 0.3 is 0 Å². The second-order valence-corrected chi connectivity index (χ2v) is 6.13. The fraction of sp³-hybridized carbons (Fsp3) is 0.381. The smallest absolute Gasteiger partial charge is 0.226 e. The Kier molecular flexibility index (Phi) is 6.87. The molecule has 0 heterocycles. The van der Waals surface area contributed by atoms with Gasteiger partial charge in [-0.15, -0.1) is 0 Å². The molecule has 25 heavy (non-hydrogen) atoms. The fourth-order valence-electron chi connectivity index (χ4n) is 2.91. The predicted octanol–water partition coefficient (Wildman–Crippen LogP) is 3.93. The number of carbonyl (C=O) groups excluding carboxylic acids is 1. The van der Waals surface area contributed by atoms with Crippen molar-refractivity contribution in [1.29, 1.82) is 0 Å². The summed E-state index contributed by atoms with van der Waals surface area (Å²) < 4.78 is 10.6. The molecule has 0 fully saturated rings. The maximum absolute atomic E-state index is 12.8. The molecule has 4 nitrogen and oxygen atoms in total. The molecular weight excluding hydrogens is 314 g/mol. The quantitative estimate of drug-likeness (QED) is 0.730. The minimum absolute atomic E-state index is 0.0956. The van der Waals surface area contributed by atoms with Gasteiger partial charge in [0.25, 0.3) is 0 Å². The van der Waals surface area contributed by atoms with Crippen LogP contribution >= 0.6 is 0 Å². The number of amides is 1. The van der Waals surface area contributed by atoms with Gasteiger partial charge in [0, 0.05) is 19.0 Å². The van der Waals surface area contributed by atoms with Crippen molar-refractivity contribution in [1.82, 2.24) is 4.90 Å². The van der Waals surface area contributed by atoms with Gasteiger partial charge in [-0.1, -0.05) is 43.3 Å². The summed E-state index contributed by atoms with van der Waals surface area (Å²) in [4.78, 5) is 14.7. The second-order valence-electron chi connectivity index (χ2n) is 6.13. The molecule has 1 unspecified atom stereocenters. The van der Waals surface area contributed by atoms with Gasteiger partial charge in [-0.05, 0) is 36.6 Å². The van der Waals surface area contributed by atoms with E-state index in [1.807, 2.05) is 55.1 Å². The molecule has 1 amide bonds. The first-order chi connectivity index (χ1) is 12.1. The molecule has 0 aromatic heterocycles. The molecule has 2 rings (SSSR count). The Hall–Kier alpha value is -2.49. The number of carbonyl (C=O) groups is 1. The lowest BCUT2D eigenvalue weighted by atomic mass is 9.99. The molecule has 4 heteroatoms. The van der Waals surface area contributed by atoms with E-state index in [1.54, 1.807) is 14.2 Å². The van der Waals surface area contributed by atoms with Gasteiger partial charge in [0.05, 0.1) is 14.2 Å². The van der Waals surface area contributed by atoms with Gasteiger partial charge < -0.3 is 14.4 Å². The van der Waals surface area contributed by atoms with Crippen LogP contribution in [0.3, 0.4) is 0 Å². The number of rotatable bonds is 8. The van der Waals surface area contributed by atoms with Crippen molar-refractivity contribution in [3.63, 3.8) is 0 Å². The van der Waals surface area contributed by atoms with Gasteiger partial charge in [0.15, 0.2) is 11.5 Å². The van der Waals surface area contributed by atoms with Crippen molar-refractivity contribution >= 4 is 5.91 Å². The molecular formula is C21H27NO3. The van der Waals surface area contributed by atoms with Gasteiger partial charge in [-0.2, -0.15) is 0 Å². The third-order valence-electron chi connectivity index (χ3n) is 4.32. The molecule has 0 saturated heterocycles. The molecule has 0 aliphatic carbocycles. The van der Waals surface area contributed by atoms with Crippen LogP contribution in [0.2, 0.25) is 0 Å². The van der Waals surface area contributed by atoms with Crippen molar-refractivity contribution in [2.24, 2.45) is 5.92 Å². The highest BCUT2D eigenvalue weighted by Gasteiger charge is 2.20. The molecule has 134 valence electrons. The number of ether oxygens (including phenoxy) is 2. The van der Waals surface area contributed by atoms with Crippen LogP contribution in [0.1, 0.15) is 25.0 Å². The average Bonchev–Trinajstić information content (AvgIpc) is 2.66. The van der Waals surface area contributed by atoms with Gasteiger partial charge in [-0.3, -0.25) is 4.79 Å². The third-order valence-corrected chi connectivity index (χ3v) is 4.32. The SMILES string of the molecule is CCN(Cc1ccccc1)C(=O)C(C)Cc1ccc(OC)c(OC)c1. The zero-order chi connectivity index (χ0) is 18.2. The standard InChI is InChI=1S/C21H27NO3/c1-5-22(15-17-9-7-6-8-10-17)21(23)16(2)13-18-11-12-19(24-3)20(14-18)25-4/h6-12,14,16H,5,13,15H2,1-4H3. The fourth-order valence-corrected chi connectivity index (χ4v) is 2.91. The first-order valence-electron chi connectivity index (χ1n) is 8.62. The van der Waals surface area contributed by atoms with Crippen LogP contribution in [0.15, 0.2) is 48.5 Å². The Balaban J connectivity index is 2.05. The van der Waals surface area contributed by atoms with Crippen LogP contribution in [-0.2, 0) is 17.8 Å². The lowest BCUT2D eigenvalue weighted by Gasteiger charge is -2.25. The van der Waals surface area contributed by atoms with Crippen molar-refractivity contribution in [2.45, 2.75) is 26.8 Å². The van der Waals surface area contributed by atoms with E-state index < -0.39 is 0 Å². The number of hydrogen-bond acceptors (Lipinski definition) is 3. The Labute approximate surface area is 150 Å². The van der Waals surface area contributed by atoms with Crippen molar-refractivity contribution < 1.29 is 14.3 Å². The highest BCUT2D eigenvalue weighted by atomic mass is 16.5.